The molecule has 0 atom stereocenters. The Morgan fingerprint density at radius 2 is 1.72 bits per heavy atom. The number of azo groups is 1. The number of H-pyrrole nitrogens is 2. The molecule has 0 aliphatic carbocycles. The zero-order chi connectivity index (χ0) is 23.5. The maximum Gasteiger partial charge on any atom is 0.340 e. The molecule has 0 fully saturated rings. The van der Waals surface area contributed by atoms with E-state index in [0.29, 0.717) is 18.6 Å². The lowest BCUT2D eigenvalue weighted by Gasteiger charge is -2.06. The van der Waals surface area contributed by atoms with Gasteiger partial charge in [-0.05, 0) is 43.3 Å². The van der Waals surface area contributed by atoms with Crippen LogP contribution in [-0.4, -0.2) is 60.9 Å². The Morgan fingerprint density at radius 1 is 1.03 bits per heavy atom. The number of benzene rings is 2. The Bertz CT molecular complexity index is 1150. The van der Waals surface area contributed by atoms with Crippen LogP contribution < -0.4 is 11.0 Å². The van der Waals surface area contributed by atoms with Crippen LogP contribution in [0.2, 0.25) is 0 Å². The molecule has 0 saturated heterocycles. The number of imidazole rings is 1. The smallest absolute Gasteiger partial charge is 0.340 e. The number of aliphatic hydroxyl groups excluding tert-OH is 1. The lowest BCUT2D eigenvalue weighted by Crippen LogP contribution is -2.06. The summed E-state index contributed by atoms with van der Waals surface area (Å²) in [5, 5.41) is 18.9. The van der Waals surface area contributed by atoms with Crippen LogP contribution in [0, 0.1) is 0 Å². The van der Waals surface area contributed by atoms with Gasteiger partial charge in [0.15, 0.2) is 0 Å². The predicted molar refractivity (Wildman–Crippen MR) is 119 cm³/mol. The first-order valence-electron chi connectivity index (χ1n) is 9.68. The number of aromatic nitrogens is 2. The van der Waals surface area contributed by atoms with E-state index in [9.17, 15) is 14.4 Å². The molecule has 3 rings (SSSR count). The fourth-order valence-corrected chi connectivity index (χ4v) is 2.66. The molecule has 3 aromatic rings. The van der Waals surface area contributed by atoms with Crippen LogP contribution >= 0.6 is 0 Å². The number of carbonyl (C=O) groups excluding carboxylic acids is 2. The van der Waals surface area contributed by atoms with E-state index in [1.165, 1.54) is 32.4 Å². The van der Waals surface area contributed by atoms with Crippen LogP contribution in [0.4, 0.5) is 11.4 Å². The van der Waals surface area contributed by atoms with Crippen molar-refractivity contribution in [1.29, 1.82) is 0 Å². The second kappa shape index (κ2) is 12.0. The zero-order valence-electron chi connectivity index (χ0n) is 18.0. The number of anilines is 1. The normalized spacial score (nSPS) is 10.5. The number of carbonyl (C=O) groups is 2. The molecule has 0 spiro atoms. The molecule has 0 unspecified atom stereocenters. The summed E-state index contributed by atoms with van der Waals surface area (Å²) < 4.78 is 9.41. The Morgan fingerprint density at radius 3 is 2.41 bits per heavy atom. The van der Waals surface area contributed by atoms with E-state index in [1.54, 1.807) is 19.1 Å². The summed E-state index contributed by atoms with van der Waals surface area (Å²) in [5.41, 5.74) is 2.63. The molecule has 1 heterocycles. The van der Waals surface area contributed by atoms with E-state index in [-0.39, 0.29) is 29.1 Å². The fraction of sp³-hybridized carbons (Fsp3) is 0.286. The van der Waals surface area contributed by atoms with Crippen molar-refractivity contribution in [1.82, 2.24) is 9.97 Å². The van der Waals surface area contributed by atoms with Gasteiger partial charge in [0.2, 0.25) is 0 Å². The first kappa shape index (κ1) is 24.3. The van der Waals surface area contributed by atoms with Gasteiger partial charge in [0.25, 0.3) is 0 Å². The van der Waals surface area contributed by atoms with Gasteiger partial charge in [-0.15, -0.1) is 0 Å². The van der Waals surface area contributed by atoms with Gasteiger partial charge < -0.3 is 29.9 Å². The summed E-state index contributed by atoms with van der Waals surface area (Å²) in [7, 11) is 2.53. The molecular weight excluding hydrogens is 418 g/mol. The molecule has 11 nitrogen and oxygen atoms in total. The summed E-state index contributed by atoms with van der Waals surface area (Å²) in [6.45, 7) is 2.71. The fourth-order valence-electron chi connectivity index (χ4n) is 2.66. The Balaban J connectivity index is 0.00000114. The van der Waals surface area contributed by atoms with Gasteiger partial charge in [-0.3, -0.25) is 0 Å². The monoisotopic (exact) mass is 443 g/mol. The third-order valence-corrected chi connectivity index (χ3v) is 4.06. The highest BCUT2D eigenvalue weighted by atomic mass is 16.5. The van der Waals surface area contributed by atoms with E-state index >= 15 is 0 Å². The summed E-state index contributed by atoms with van der Waals surface area (Å²) in [5.74, 6) is -1.12. The van der Waals surface area contributed by atoms with Gasteiger partial charge in [-0.1, -0.05) is 0 Å². The van der Waals surface area contributed by atoms with Crippen molar-refractivity contribution >= 4 is 34.3 Å². The molecule has 0 radical (unpaired) electrons. The molecular formula is C21H25N5O6. The van der Waals surface area contributed by atoms with Crippen molar-refractivity contribution in [3.05, 3.63) is 58.0 Å². The van der Waals surface area contributed by atoms with E-state index in [4.69, 9.17) is 9.84 Å². The third-order valence-electron chi connectivity index (χ3n) is 4.06. The lowest BCUT2D eigenvalue weighted by molar-refractivity contribution is 0.0587. The standard InChI is InChI=1S/C19H19N5O5.C2H6O/c1-28-17(25)11-3-5-13(18(26)29-2)15(9-11)24-21-8-7-20-12-4-6-14-16(10-12)23-19(27)22-14;1-2-3/h3-6,9-10,20H,7-8H2,1-2H3,(H2,22,23,27);3H,2H2,1H3. The summed E-state index contributed by atoms with van der Waals surface area (Å²) in [4.78, 5) is 40.2. The zero-order valence-corrected chi connectivity index (χ0v) is 18.0. The second-order valence-electron chi connectivity index (χ2n) is 6.26. The summed E-state index contributed by atoms with van der Waals surface area (Å²) in [6.07, 6.45) is 0. The molecule has 0 bridgehead atoms. The van der Waals surface area contributed by atoms with Crippen molar-refractivity contribution in [3.63, 3.8) is 0 Å². The van der Waals surface area contributed by atoms with Crippen molar-refractivity contribution in [2.24, 2.45) is 10.2 Å². The van der Waals surface area contributed by atoms with Gasteiger partial charge in [0.05, 0.1) is 42.9 Å². The quantitative estimate of drug-likeness (QED) is 0.248. The first-order valence-corrected chi connectivity index (χ1v) is 9.68. The van der Waals surface area contributed by atoms with Crippen molar-refractivity contribution in [2.45, 2.75) is 6.92 Å². The van der Waals surface area contributed by atoms with Crippen LogP contribution in [0.3, 0.4) is 0 Å². The van der Waals surface area contributed by atoms with Crippen LogP contribution in [-0.2, 0) is 9.47 Å². The molecule has 0 amide bonds. The number of rotatable bonds is 7. The second-order valence-corrected chi connectivity index (χ2v) is 6.26. The first-order chi connectivity index (χ1) is 15.4. The topological polar surface area (TPSA) is 158 Å². The molecule has 11 heteroatoms. The average Bonchev–Trinajstić information content (AvgIpc) is 3.17. The largest absolute Gasteiger partial charge is 0.465 e. The molecule has 0 aliphatic rings. The molecule has 1 aromatic heterocycles. The molecule has 4 N–H and O–H groups in total. The predicted octanol–water partition coefficient (Wildman–Crippen LogP) is 2.62. The highest BCUT2D eigenvalue weighted by molar-refractivity contribution is 5.98. The highest BCUT2D eigenvalue weighted by Gasteiger charge is 2.15. The number of esters is 2. The Labute approximate surface area is 183 Å². The molecule has 0 saturated carbocycles. The van der Waals surface area contributed by atoms with E-state index in [1.807, 2.05) is 6.07 Å². The third kappa shape index (κ3) is 6.51. The van der Waals surface area contributed by atoms with E-state index in [2.05, 4.69) is 30.3 Å². The molecule has 170 valence electrons. The molecule has 2 aromatic carbocycles. The van der Waals surface area contributed by atoms with Crippen molar-refractivity contribution in [3.8, 4) is 0 Å². The maximum absolute atomic E-state index is 11.9. The summed E-state index contributed by atoms with van der Waals surface area (Å²) >= 11 is 0. The van der Waals surface area contributed by atoms with Crippen LogP contribution in [0.25, 0.3) is 11.0 Å². The maximum atomic E-state index is 11.9. The van der Waals surface area contributed by atoms with Crippen molar-refractivity contribution < 1.29 is 24.2 Å². The van der Waals surface area contributed by atoms with E-state index < -0.39 is 11.9 Å². The number of aliphatic hydroxyl groups is 1. The molecule has 0 aliphatic heterocycles. The SMILES string of the molecule is CCO.COC(=O)c1ccc(C(=O)OC)c(N=NCCNc2ccc3[nH]c(=O)[nH]c3c2)c1. The number of nitrogens with one attached hydrogen (secondary N) is 3. The van der Waals surface area contributed by atoms with Crippen LogP contribution in [0.1, 0.15) is 27.6 Å². The highest BCUT2D eigenvalue weighted by Crippen LogP contribution is 2.23. The summed E-state index contributed by atoms with van der Waals surface area (Å²) in [6, 6.07) is 9.75. The number of nitrogens with zero attached hydrogens (tertiary/aromatic N) is 2. The number of methoxy groups -OCH3 is 2. The van der Waals surface area contributed by atoms with Crippen LogP contribution in [0.15, 0.2) is 51.4 Å². The number of hydrogen-bond acceptors (Lipinski definition) is 9. The number of aromatic amines is 2. The molecule has 32 heavy (non-hydrogen) atoms. The minimum atomic E-state index is -0.581. The van der Waals surface area contributed by atoms with Gasteiger partial charge in [-0.25, -0.2) is 14.4 Å². The minimum Gasteiger partial charge on any atom is -0.465 e. The Hall–Kier alpha value is -3.99. The van der Waals surface area contributed by atoms with Gasteiger partial charge in [0.1, 0.15) is 5.69 Å². The van der Waals surface area contributed by atoms with Gasteiger partial charge in [-0.2, -0.15) is 10.2 Å². The Kier molecular flexibility index (Phi) is 9.11. The van der Waals surface area contributed by atoms with E-state index in [0.717, 1.165) is 11.2 Å². The van der Waals surface area contributed by atoms with Gasteiger partial charge >= 0.3 is 17.6 Å². The number of hydrogen-bond donors (Lipinski definition) is 4. The van der Waals surface area contributed by atoms with Crippen LogP contribution in [0.5, 0.6) is 0 Å². The van der Waals surface area contributed by atoms with Crippen molar-refractivity contribution in [2.75, 3.05) is 39.2 Å². The minimum absolute atomic E-state index is 0.193. The lowest BCUT2D eigenvalue weighted by atomic mass is 10.1. The van der Waals surface area contributed by atoms with Gasteiger partial charge in [0, 0.05) is 18.8 Å². The number of ether oxygens (including phenoxy) is 2. The number of fused-ring (bicyclic) bond motifs is 1. The average molecular weight is 443 g/mol.